The maximum Gasteiger partial charge on any atom is 0.488 e. The number of rotatable bonds is 4. The van der Waals surface area contributed by atoms with E-state index in [0.29, 0.717) is 6.67 Å². The number of carbonyl (C=O) groups excluding carboxylic acids is 1. The predicted molar refractivity (Wildman–Crippen MR) is 98.0 cm³/mol. The summed E-state index contributed by atoms with van der Waals surface area (Å²) in [7, 11) is 2.81. The first-order valence-electron chi connectivity index (χ1n) is 8.59. The fraction of sp³-hybridized carbons (Fsp3) is 0.562. The standard InChI is InChI=1S/C16H21BN2O7P/c1-9-3-4-11-12(5-9)19(7-18-11)16-14(21)15-13(25-16)6-23-27(17,26-15)24-8-22-10(2)20/h3-5,13-16,18,21H,6-8H2,1-2H3/q+1/t13-,14+,15+,16-,27?/m1/s1. The summed E-state index contributed by atoms with van der Waals surface area (Å²) in [6, 6.07) is 6.05. The third-order valence-electron chi connectivity index (χ3n) is 4.70. The molecule has 1 aromatic carbocycles. The van der Waals surface area contributed by atoms with E-state index in [9.17, 15) is 9.90 Å². The van der Waals surface area contributed by atoms with Gasteiger partial charge in [0.15, 0.2) is 12.3 Å². The zero-order valence-electron chi connectivity index (χ0n) is 15.0. The van der Waals surface area contributed by atoms with E-state index in [2.05, 4.69) is 5.32 Å². The highest BCUT2D eigenvalue weighted by Crippen LogP contribution is 2.62. The summed E-state index contributed by atoms with van der Waals surface area (Å²) < 4.78 is 27.2. The summed E-state index contributed by atoms with van der Waals surface area (Å²) in [5.74, 6) is -0.503. The average molecular weight is 395 g/mol. The number of aliphatic hydroxyl groups excluding tert-OH is 1. The maximum absolute atomic E-state index is 10.9. The molecule has 0 bridgehead atoms. The lowest BCUT2D eigenvalue weighted by Gasteiger charge is -2.30. The molecule has 11 heteroatoms. The molecule has 0 aromatic heterocycles. The van der Waals surface area contributed by atoms with Crippen molar-refractivity contribution in [3.8, 4) is 0 Å². The highest BCUT2D eigenvalue weighted by Gasteiger charge is 2.59. The Morgan fingerprint density at radius 1 is 1.52 bits per heavy atom. The Hall–Kier alpha value is -1.42. The molecule has 5 atom stereocenters. The van der Waals surface area contributed by atoms with Crippen LogP contribution in [-0.4, -0.2) is 63.2 Å². The number of anilines is 2. The predicted octanol–water partition coefficient (Wildman–Crippen LogP) is 1.07. The number of benzene rings is 1. The van der Waals surface area contributed by atoms with Crippen LogP contribution in [0.2, 0.25) is 0 Å². The van der Waals surface area contributed by atoms with Gasteiger partial charge < -0.3 is 24.8 Å². The van der Waals surface area contributed by atoms with Crippen molar-refractivity contribution in [1.82, 2.24) is 0 Å². The number of fused-ring (bicyclic) bond motifs is 2. The number of nitrogens with one attached hydrogen (secondary N) is 1. The van der Waals surface area contributed by atoms with Crippen LogP contribution in [0.5, 0.6) is 0 Å². The van der Waals surface area contributed by atoms with Gasteiger partial charge in [-0.15, -0.1) is 0 Å². The molecule has 3 heterocycles. The van der Waals surface area contributed by atoms with Gasteiger partial charge in [0.05, 0.1) is 18.0 Å². The fourth-order valence-electron chi connectivity index (χ4n) is 3.38. The number of hydrogen-bond acceptors (Lipinski definition) is 9. The second-order valence-electron chi connectivity index (χ2n) is 6.67. The summed E-state index contributed by atoms with van der Waals surface area (Å²) >= 11 is 0. The normalized spacial score (nSPS) is 34.7. The number of hydrogen-bond donors (Lipinski definition) is 2. The lowest BCUT2D eigenvalue weighted by Crippen LogP contribution is -2.45. The average Bonchev–Trinajstić information content (AvgIpc) is 3.15. The molecule has 2 fully saturated rings. The van der Waals surface area contributed by atoms with Crippen LogP contribution < -0.4 is 10.2 Å². The van der Waals surface area contributed by atoms with Gasteiger partial charge in [-0.3, -0.25) is 4.79 Å². The molecule has 144 valence electrons. The van der Waals surface area contributed by atoms with Gasteiger partial charge in [0, 0.05) is 6.92 Å². The lowest BCUT2D eigenvalue weighted by molar-refractivity contribution is -0.149. The van der Waals surface area contributed by atoms with Gasteiger partial charge in [0.1, 0.15) is 18.8 Å². The van der Waals surface area contributed by atoms with Crippen molar-refractivity contribution in [3.63, 3.8) is 0 Å². The maximum atomic E-state index is 10.9. The van der Waals surface area contributed by atoms with Crippen molar-refractivity contribution in [1.29, 1.82) is 0 Å². The van der Waals surface area contributed by atoms with Crippen LogP contribution in [-0.2, 0) is 27.8 Å². The van der Waals surface area contributed by atoms with Gasteiger partial charge in [-0.25, -0.2) is 0 Å². The Balaban J connectivity index is 1.45. The summed E-state index contributed by atoms with van der Waals surface area (Å²) in [6.07, 6.45) is -2.74. The molecule has 0 saturated carbocycles. The van der Waals surface area contributed by atoms with Gasteiger partial charge in [0.2, 0.25) is 6.79 Å². The number of ether oxygens (including phenoxy) is 2. The molecule has 1 aromatic rings. The van der Waals surface area contributed by atoms with Crippen LogP contribution in [0, 0.1) is 6.92 Å². The molecule has 0 aliphatic carbocycles. The van der Waals surface area contributed by atoms with Crippen molar-refractivity contribution >= 4 is 32.7 Å². The SMILES string of the molecule is [B][P+]1(OCOC(C)=O)OC[C@H]2O[C@@H](N3CNc4ccc(C)cc43)[C@@H](O)[C@H]2O1. The second kappa shape index (κ2) is 7.20. The van der Waals surface area contributed by atoms with E-state index in [1.807, 2.05) is 30.0 Å². The van der Waals surface area contributed by atoms with E-state index in [1.165, 1.54) is 6.92 Å². The van der Waals surface area contributed by atoms with E-state index < -0.39 is 38.3 Å². The molecule has 3 aliphatic heterocycles. The van der Waals surface area contributed by atoms with E-state index in [1.54, 1.807) is 0 Å². The van der Waals surface area contributed by atoms with Gasteiger partial charge in [-0.2, -0.15) is 13.6 Å². The molecular formula is C16H21BN2O7P+. The Morgan fingerprint density at radius 2 is 2.33 bits per heavy atom. The molecule has 0 amide bonds. The molecule has 4 rings (SSSR count). The Bertz CT molecular complexity index is 741. The van der Waals surface area contributed by atoms with Gasteiger partial charge in [-0.05, 0) is 24.6 Å². The van der Waals surface area contributed by atoms with Crippen LogP contribution in [0.3, 0.4) is 0 Å². The van der Waals surface area contributed by atoms with Crippen LogP contribution in [0.1, 0.15) is 12.5 Å². The summed E-state index contributed by atoms with van der Waals surface area (Å²) in [5.41, 5.74) is 3.05. The summed E-state index contributed by atoms with van der Waals surface area (Å²) in [4.78, 5) is 12.8. The van der Waals surface area contributed by atoms with E-state index in [-0.39, 0.29) is 13.4 Å². The molecule has 27 heavy (non-hydrogen) atoms. The fourth-order valence-corrected chi connectivity index (χ4v) is 4.73. The molecular weight excluding hydrogens is 374 g/mol. The van der Waals surface area contributed by atoms with Gasteiger partial charge >= 0.3 is 21.4 Å². The molecule has 2 saturated heterocycles. The van der Waals surface area contributed by atoms with Crippen molar-refractivity contribution < 1.29 is 32.9 Å². The molecule has 1 unspecified atom stereocenters. The highest BCUT2D eigenvalue weighted by molar-refractivity contribution is 7.85. The van der Waals surface area contributed by atoms with E-state index >= 15 is 0 Å². The highest BCUT2D eigenvalue weighted by atomic mass is 31.2. The minimum Gasteiger partial charge on any atom is -0.434 e. The number of aryl methyl sites for hydroxylation is 1. The number of nitrogens with zero attached hydrogens (tertiary/aromatic N) is 1. The topological polar surface area (TPSA) is 98.7 Å². The Kier molecular flexibility index (Phi) is 5.05. The molecule has 2 N–H and O–H groups in total. The van der Waals surface area contributed by atoms with Gasteiger partial charge in [0.25, 0.3) is 0 Å². The van der Waals surface area contributed by atoms with Crippen LogP contribution in [0.4, 0.5) is 11.4 Å². The minimum absolute atomic E-state index is 0.116. The van der Waals surface area contributed by atoms with E-state index in [4.69, 9.17) is 30.6 Å². The molecule has 3 aliphatic rings. The van der Waals surface area contributed by atoms with Crippen LogP contribution >= 0.6 is 7.82 Å². The summed E-state index contributed by atoms with van der Waals surface area (Å²) in [5, 5.41) is 14.1. The quantitative estimate of drug-likeness (QED) is 0.336. The molecule has 9 nitrogen and oxygen atoms in total. The third kappa shape index (κ3) is 3.65. The van der Waals surface area contributed by atoms with Gasteiger partial charge in [-0.1, -0.05) is 6.07 Å². The monoisotopic (exact) mass is 395 g/mol. The molecule has 0 spiro atoms. The van der Waals surface area contributed by atoms with Crippen molar-refractivity contribution in [2.24, 2.45) is 0 Å². The van der Waals surface area contributed by atoms with Crippen molar-refractivity contribution in [2.75, 3.05) is 30.3 Å². The number of aliphatic hydroxyl groups is 1. The van der Waals surface area contributed by atoms with E-state index in [0.717, 1.165) is 16.9 Å². The first-order valence-corrected chi connectivity index (χ1v) is 10.2. The second-order valence-corrected chi connectivity index (χ2v) is 8.48. The zero-order valence-corrected chi connectivity index (χ0v) is 15.9. The summed E-state index contributed by atoms with van der Waals surface area (Å²) in [6.45, 7) is 3.51. The first-order chi connectivity index (χ1) is 12.9. The van der Waals surface area contributed by atoms with Crippen molar-refractivity contribution in [3.05, 3.63) is 23.8 Å². The Labute approximate surface area is 158 Å². The largest absolute Gasteiger partial charge is 0.488 e. The van der Waals surface area contributed by atoms with Crippen molar-refractivity contribution in [2.45, 2.75) is 38.4 Å². The Morgan fingerprint density at radius 3 is 3.11 bits per heavy atom. The lowest BCUT2D eigenvalue weighted by atomic mass is 10.1. The molecule has 2 radical (unpaired) electrons. The number of esters is 1. The van der Waals surface area contributed by atoms with Crippen LogP contribution in [0.25, 0.3) is 0 Å². The smallest absolute Gasteiger partial charge is 0.434 e. The zero-order chi connectivity index (χ0) is 19.2. The third-order valence-corrected chi connectivity index (χ3v) is 6.21. The number of carbonyl (C=O) groups is 1. The first kappa shape index (κ1) is 18.9. The minimum atomic E-state index is -3.21. The van der Waals surface area contributed by atoms with Crippen LogP contribution in [0.15, 0.2) is 18.2 Å².